The standard InChI is InChI=1S/C22H27ClN6O/c1-14(30)10-15-7-9-28(11-15)19-17-20(27-21(26-19)22(2,3)4)29(13-25-17)12-16-6-5-8-24-18(16)23/h5-6,8,13,15H,7,9-12H2,1-4H3/t15-/m1/s1. The van der Waals surface area contributed by atoms with Gasteiger partial charge in [0.25, 0.3) is 0 Å². The van der Waals surface area contributed by atoms with E-state index in [9.17, 15) is 4.79 Å². The summed E-state index contributed by atoms with van der Waals surface area (Å²) in [7, 11) is 0. The molecule has 0 bridgehead atoms. The summed E-state index contributed by atoms with van der Waals surface area (Å²) >= 11 is 6.28. The number of aromatic nitrogens is 5. The minimum atomic E-state index is -0.206. The van der Waals surface area contributed by atoms with Crippen LogP contribution in [-0.4, -0.2) is 43.4 Å². The second-order valence-electron chi connectivity index (χ2n) is 9.13. The van der Waals surface area contributed by atoms with Crippen molar-refractivity contribution in [1.29, 1.82) is 0 Å². The average Bonchev–Trinajstić information content (AvgIpc) is 3.29. The molecule has 0 N–H and O–H groups in total. The number of imidazole rings is 1. The third-order valence-electron chi connectivity index (χ3n) is 5.45. The summed E-state index contributed by atoms with van der Waals surface area (Å²) in [5.41, 5.74) is 2.28. The fourth-order valence-corrected chi connectivity index (χ4v) is 4.10. The minimum absolute atomic E-state index is 0.206. The number of halogens is 1. The summed E-state index contributed by atoms with van der Waals surface area (Å²) < 4.78 is 2.00. The Morgan fingerprint density at radius 2 is 2.07 bits per heavy atom. The third kappa shape index (κ3) is 4.17. The van der Waals surface area contributed by atoms with Crippen molar-refractivity contribution in [3.05, 3.63) is 41.2 Å². The topological polar surface area (TPSA) is 76.8 Å². The van der Waals surface area contributed by atoms with Crippen LogP contribution in [0, 0.1) is 5.92 Å². The van der Waals surface area contributed by atoms with Gasteiger partial charge in [-0.05, 0) is 25.3 Å². The summed E-state index contributed by atoms with van der Waals surface area (Å²) in [4.78, 5) is 32.5. The number of hydrogen-bond donors (Lipinski definition) is 0. The van der Waals surface area contributed by atoms with Crippen molar-refractivity contribution in [2.75, 3.05) is 18.0 Å². The molecule has 158 valence electrons. The van der Waals surface area contributed by atoms with Crippen molar-refractivity contribution >= 4 is 34.4 Å². The molecule has 8 heteroatoms. The van der Waals surface area contributed by atoms with E-state index >= 15 is 0 Å². The third-order valence-corrected chi connectivity index (χ3v) is 5.80. The Morgan fingerprint density at radius 3 is 2.77 bits per heavy atom. The summed E-state index contributed by atoms with van der Waals surface area (Å²) in [5.74, 6) is 2.23. The first-order valence-electron chi connectivity index (χ1n) is 10.3. The fourth-order valence-electron chi connectivity index (χ4n) is 3.92. The maximum atomic E-state index is 11.6. The lowest BCUT2D eigenvalue weighted by atomic mass is 9.96. The number of Topliss-reactive ketones (excluding diaryl/α,β-unsaturated/α-hetero) is 1. The first-order chi connectivity index (χ1) is 14.2. The second-order valence-corrected chi connectivity index (χ2v) is 9.48. The molecular weight excluding hydrogens is 400 g/mol. The van der Waals surface area contributed by atoms with Gasteiger partial charge in [-0.1, -0.05) is 38.4 Å². The van der Waals surface area contributed by atoms with Crippen LogP contribution in [-0.2, 0) is 16.8 Å². The summed E-state index contributed by atoms with van der Waals surface area (Å²) in [6.07, 6.45) is 5.08. The Balaban J connectivity index is 1.76. The van der Waals surface area contributed by atoms with Crippen LogP contribution in [0.4, 0.5) is 5.82 Å². The quantitative estimate of drug-likeness (QED) is 0.573. The fraction of sp³-hybridized carbons (Fsp3) is 0.500. The molecule has 7 nitrogen and oxygen atoms in total. The Kier molecular flexibility index (Phi) is 5.49. The summed E-state index contributed by atoms with van der Waals surface area (Å²) in [6, 6.07) is 3.83. The molecule has 1 fully saturated rings. The van der Waals surface area contributed by atoms with Crippen molar-refractivity contribution < 1.29 is 4.79 Å². The zero-order chi connectivity index (χ0) is 21.5. The molecule has 0 aliphatic carbocycles. The van der Waals surface area contributed by atoms with Crippen LogP contribution in [0.25, 0.3) is 11.2 Å². The number of hydrogen-bond acceptors (Lipinski definition) is 6. The van der Waals surface area contributed by atoms with Crippen molar-refractivity contribution in [2.45, 2.75) is 52.5 Å². The number of fused-ring (bicyclic) bond motifs is 1. The molecule has 0 radical (unpaired) electrons. The summed E-state index contributed by atoms with van der Waals surface area (Å²) in [5, 5.41) is 0.483. The molecule has 1 aliphatic heterocycles. The predicted molar refractivity (Wildman–Crippen MR) is 118 cm³/mol. The number of rotatable bonds is 5. The molecule has 3 aromatic rings. The van der Waals surface area contributed by atoms with Crippen LogP contribution in [0.5, 0.6) is 0 Å². The molecule has 0 spiro atoms. The van der Waals surface area contributed by atoms with Crippen molar-refractivity contribution in [3.8, 4) is 0 Å². The van der Waals surface area contributed by atoms with Crippen LogP contribution in [0.2, 0.25) is 5.15 Å². The van der Waals surface area contributed by atoms with Gasteiger partial charge in [0.05, 0.1) is 12.9 Å². The van der Waals surface area contributed by atoms with E-state index in [1.54, 1.807) is 19.4 Å². The predicted octanol–water partition coefficient (Wildman–Crippen LogP) is 4.03. The molecule has 0 unspecified atom stereocenters. The van der Waals surface area contributed by atoms with Crippen molar-refractivity contribution in [1.82, 2.24) is 24.5 Å². The molecule has 30 heavy (non-hydrogen) atoms. The Hall–Kier alpha value is -2.54. The zero-order valence-corrected chi connectivity index (χ0v) is 18.6. The number of nitrogens with zero attached hydrogens (tertiary/aromatic N) is 6. The van der Waals surface area contributed by atoms with E-state index in [-0.39, 0.29) is 11.2 Å². The number of ketones is 1. The minimum Gasteiger partial charge on any atom is -0.354 e. The monoisotopic (exact) mass is 426 g/mol. The van der Waals surface area contributed by atoms with E-state index in [1.807, 2.05) is 16.7 Å². The Bertz CT molecular complexity index is 1090. The summed E-state index contributed by atoms with van der Waals surface area (Å²) in [6.45, 7) is 10.2. The highest BCUT2D eigenvalue weighted by molar-refractivity contribution is 6.30. The lowest BCUT2D eigenvalue weighted by molar-refractivity contribution is -0.117. The van der Waals surface area contributed by atoms with Crippen LogP contribution in [0.15, 0.2) is 24.7 Å². The molecule has 1 aliphatic rings. The maximum Gasteiger partial charge on any atom is 0.166 e. The smallest absolute Gasteiger partial charge is 0.166 e. The van der Waals surface area contributed by atoms with Gasteiger partial charge in [0.15, 0.2) is 17.0 Å². The highest BCUT2D eigenvalue weighted by Gasteiger charge is 2.29. The number of carbonyl (C=O) groups is 1. The number of pyridine rings is 1. The normalized spacial score (nSPS) is 17.1. The first-order valence-corrected chi connectivity index (χ1v) is 10.7. The van der Waals surface area contributed by atoms with Gasteiger partial charge in [-0.25, -0.2) is 19.9 Å². The lowest BCUT2D eigenvalue weighted by Crippen LogP contribution is -2.25. The van der Waals surface area contributed by atoms with Gasteiger partial charge >= 0.3 is 0 Å². The van der Waals surface area contributed by atoms with E-state index in [2.05, 4.69) is 35.6 Å². The first kappa shape index (κ1) is 20.7. The Morgan fingerprint density at radius 1 is 1.27 bits per heavy atom. The number of anilines is 1. The molecule has 4 rings (SSSR count). The zero-order valence-electron chi connectivity index (χ0n) is 17.9. The van der Waals surface area contributed by atoms with E-state index in [0.717, 1.165) is 47.9 Å². The SMILES string of the molecule is CC(=O)C[C@H]1CCN(c2nc(C(C)(C)C)nc3c2ncn3Cc2cccnc2Cl)C1. The van der Waals surface area contributed by atoms with Gasteiger partial charge in [-0.3, -0.25) is 0 Å². The van der Waals surface area contributed by atoms with Crippen molar-refractivity contribution in [3.63, 3.8) is 0 Å². The highest BCUT2D eigenvalue weighted by atomic mass is 35.5. The molecule has 3 aromatic heterocycles. The van der Waals surface area contributed by atoms with E-state index < -0.39 is 0 Å². The van der Waals surface area contributed by atoms with Gasteiger partial charge in [-0.15, -0.1) is 0 Å². The largest absolute Gasteiger partial charge is 0.354 e. The van der Waals surface area contributed by atoms with E-state index in [0.29, 0.717) is 24.0 Å². The van der Waals surface area contributed by atoms with Crippen LogP contribution >= 0.6 is 11.6 Å². The molecule has 1 saturated heterocycles. The lowest BCUT2D eigenvalue weighted by Gasteiger charge is -2.22. The molecule has 0 saturated carbocycles. The van der Waals surface area contributed by atoms with Gasteiger partial charge in [0.1, 0.15) is 16.8 Å². The van der Waals surface area contributed by atoms with Gasteiger partial charge in [0, 0.05) is 36.7 Å². The molecule has 0 aromatic carbocycles. The van der Waals surface area contributed by atoms with Gasteiger partial charge < -0.3 is 14.3 Å². The molecule has 1 atom stereocenters. The Labute approximate surface area is 181 Å². The maximum absolute atomic E-state index is 11.6. The highest BCUT2D eigenvalue weighted by Crippen LogP contribution is 2.32. The average molecular weight is 427 g/mol. The van der Waals surface area contributed by atoms with Crippen LogP contribution in [0.1, 0.15) is 51.9 Å². The number of carbonyl (C=O) groups excluding carboxylic acids is 1. The van der Waals surface area contributed by atoms with Crippen molar-refractivity contribution in [2.24, 2.45) is 5.92 Å². The van der Waals surface area contributed by atoms with Crippen LogP contribution in [0.3, 0.4) is 0 Å². The van der Waals surface area contributed by atoms with E-state index in [4.69, 9.17) is 21.6 Å². The van der Waals surface area contributed by atoms with Gasteiger partial charge in [0.2, 0.25) is 0 Å². The van der Waals surface area contributed by atoms with Crippen LogP contribution < -0.4 is 4.90 Å². The molecular formula is C22H27ClN6O. The molecule has 0 amide bonds. The second kappa shape index (κ2) is 7.95. The van der Waals surface area contributed by atoms with Gasteiger partial charge in [-0.2, -0.15) is 0 Å². The van der Waals surface area contributed by atoms with E-state index in [1.165, 1.54) is 0 Å². The molecule has 4 heterocycles.